The van der Waals surface area contributed by atoms with Crippen LogP contribution in [0.4, 0.5) is 0 Å². The summed E-state index contributed by atoms with van der Waals surface area (Å²) in [5, 5.41) is 0. The molecule has 3 aliphatic carbocycles. The van der Waals surface area contributed by atoms with E-state index < -0.39 is 8.15 Å². The van der Waals surface area contributed by atoms with Gasteiger partial charge in [0.2, 0.25) is 0 Å². The molecule has 0 radical (unpaired) electrons. The summed E-state index contributed by atoms with van der Waals surface area (Å²) in [7, 11) is 0.936. The Morgan fingerprint density at radius 1 is 0.971 bits per heavy atom. The number of rotatable bonds is 9. The molecule has 0 saturated heterocycles. The standard InChI is InChI=1S/C27H37O3P.C3H6/c1-27(14-15-27)26-12-11-23(29-2)18-25(26)22-9-7-21(8-10-22)19-30-24-6-4-5-20(17-24)13-16-31(3)28;1-2-3-1/h4-6,11-12,17-18,21-22,28H,7-10,13-16,19H2,1-3H3;1-3H2. The van der Waals surface area contributed by atoms with E-state index in [1.54, 1.807) is 12.7 Å². The lowest BCUT2D eigenvalue weighted by molar-refractivity contribution is 0.199. The second-order valence-electron chi connectivity index (χ2n) is 10.9. The third-order valence-corrected chi connectivity index (χ3v) is 8.53. The van der Waals surface area contributed by atoms with Gasteiger partial charge in [-0.15, -0.1) is 0 Å². The van der Waals surface area contributed by atoms with Gasteiger partial charge in [0.1, 0.15) is 11.5 Å². The average molecular weight is 483 g/mol. The maximum atomic E-state index is 9.58. The van der Waals surface area contributed by atoms with Gasteiger partial charge in [-0.25, -0.2) is 0 Å². The first-order valence-electron chi connectivity index (χ1n) is 13.3. The van der Waals surface area contributed by atoms with E-state index in [0.717, 1.165) is 30.7 Å². The topological polar surface area (TPSA) is 38.7 Å². The molecule has 0 spiro atoms. The van der Waals surface area contributed by atoms with E-state index in [1.807, 2.05) is 6.66 Å². The van der Waals surface area contributed by atoms with Gasteiger partial charge in [-0.2, -0.15) is 0 Å². The van der Waals surface area contributed by atoms with Gasteiger partial charge in [0.15, 0.2) is 0 Å². The molecule has 0 aliphatic heterocycles. The molecule has 3 aliphatic rings. The summed E-state index contributed by atoms with van der Waals surface area (Å²) in [5.74, 6) is 3.23. The maximum absolute atomic E-state index is 9.58. The minimum Gasteiger partial charge on any atom is -0.497 e. The molecule has 3 nitrogen and oxygen atoms in total. The van der Waals surface area contributed by atoms with Crippen LogP contribution in [0.3, 0.4) is 0 Å². The third kappa shape index (κ3) is 7.46. The number of aryl methyl sites for hydroxylation is 1. The van der Waals surface area contributed by atoms with Crippen LogP contribution in [-0.2, 0) is 11.8 Å². The van der Waals surface area contributed by atoms with Gasteiger partial charge in [0.05, 0.1) is 13.7 Å². The molecule has 0 amide bonds. The van der Waals surface area contributed by atoms with Crippen molar-refractivity contribution in [3.63, 3.8) is 0 Å². The van der Waals surface area contributed by atoms with Crippen molar-refractivity contribution in [3.05, 3.63) is 59.2 Å². The molecule has 5 rings (SSSR count). The van der Waals surface area contributed by atoms with Crippen LogP contribution < -0.4 is 9.47 Å². The van der Waals surface area contributed by atoms with Crippen molar-refractivity contribution in [1.29, 1.82) is 0 Å². The van der Waals surface area contributed by atoms with E-state index in [2.05, 4.69) is 49.4 Å². The van der Waals surface area contributed by atoms with Gasteiger partial charge in [-0.3, -0.25) is 0 Å². The molecule has 0 aromatic heterocycles. The van der Waals surface area contributed by atoms with Crippen molar-refractivity contribution in [1.82, 2.24) is 0 Å². The van der Waals surface area contributed by atoms with Crippen LogP contribution in [0, 0.1) is 5.92 Å². The van der Waals surface area contributed by atoms with Crippen LogP contribution >= 0.6 is 8.15 Å². The summed E-state index contributed by atoms with van der Waals surface area (Å²) in [4.78, 5) is 9.58. The molecule has 186 valence electrons. The van der Waals surface area contributed by atoms with Gasteiger partial charge < -0.3 is 14.4 Å². The van der Waals surface area contributed by atoms with E-state index in [0.29, 0.717) is 17.3 Å². The second-order valence-corrected chi connectivity index (χ2v) is 12.6. The van der Waals surface area contributed by atoms with Gasteiger partial charge in [-0.05, 0) is 116 Å². The van der Waals surface area contributed by atoms with Gasteiger partial charge in [0.25, 0.3) is 0 Å². The van der Waals surface area contributed by atoms with E-state index in [4.69, 9.17) is 9.47 Å². The van der Waals surface area contributed by atoms with Gasteiger partial charge in [0, 0.05) is 8.15 Å². The zero-order valence-corrected chi connectivity index (χ0v) is 22.3. The zero-order valence-electron chi connectivity index (χ0n) is 21.4. The molecule has 3 fully saturated rings. The van der Waals surface area contributed by atoms with Crippen molar-refractivity contribution < 1.29 is 14.4 Å². The molecular weight excluding hydrogens is 439 g/mol. The monoisotopic (exact) mass is 482 g/mol. The lowest BCUT2D eigenvalue weighted by Crippen LogP contribution is -2.20. The molecule has 2 aromatic carbocycles. The Kier molecular flexibility index (Phi) is 8.94. The number of methoxy groups -OCH3 is 1. The summed E-state index contributed by atoms with van der Waals surface area (Å²) < 4.78 is 11.7. The zero-order chi connectivity index (χ0) is 24.0. The summed E-state index contributed by atoms with van der Waals surface area (Å²) in [5.41, 5.74) is 4.74. The molecule has 2 aromatic rings. The van der Waals surface area contributed by atoms with E-state index in [-0.39, 0.29) is 0 Å². The largest absolute Gasteiger partial charge is 0.497 e. The van der Waals surface area contributed by atoms with Crippen molar-refractivity contribution in [2.24, 2.45) is 5.92 Å². The van der Waals surface area contributed by atoms with Gasteiger partial charge >= 0.3 is 0 Å². The fourth-order valence-electron chi connectivity index (χ4n) is 4.95. The lowest BCUT2D eigenvalue weighted by Gasteiger charge is -2.31. The van der Waals surface area contributed by atoms with Crippen molar-refractivity contribution in [3.8, 4) is 11.5 Å². The highest BCUT2D eigenvalue weighted by atomic mass is 31.1. The van der Waals surface area contributed by atoms with Crippen LogP contribution in [0.25, 0.3) is 0 Å². The number of ether oxygens (including phenoxy) is 2. The first kappa shape index (κ1) is 25.5. The minimum atomic E-state index is -0.834. The van der Waals surface area contributed by atoms with Crippen LogP contribution in [0.15, 0.2) is 42.5 Å². The third-order valence-electron chi connectivity index (χ3n) is 7.66. The average Bonchev–Trinajstić information content (AvgIpc) is 3.79. The molecular formula is C30H43O3P. The molecule has 0 bridgehead atoms. The van der Waals surface area contributed by atoms with Crippen LogP contribution in [0.2, 0.25) is 0 Å². The number of hydrogen-bond donors (Lipinski definition) is 1. The Labute approximate surface area is 208 Å². The summed E-state index contributed by atoms with van der Waals surface area (Å²) in [6.07, 6.45) is 13.8. The Morgan fingerprint density at radius 2 is 1.71 bits per heavy atom. The first-order chi connectivity index (χ1) is 16.5. The molecule has 34 heavy (non-hydrogen) atoms. The van der Waals surface area contributed by atoms with E-state index in [1.165, 1.54) is 68.9 Å². The van der Waals surface area contributed by atoms with Crippen LogP contribution in [0.1, 0.15) is 87.3 Å². The first-order valence-corrected chi connectivity index (χ1v) is 15.2. The lowest BCUT2D eigenvalue weighted by atomic mass is 9.75. The highest BCUT2D eigenvalue weighted by Gasteiger charge is 2.41. The highest BCUT2D eigenvalue weighted by Crippen LogP contribution is 2.52. The Hall–Kier alpha value is -1.57. The van der Waals surface area contributed by atoms with Crippen molar-refractivity contribution >= 4 is 8.15 Å². The number of benzene rings is 2. The van der Waals surface area contributed by atoms with E-state index in [9.17, 15) is 4.89 Å². The molecule has 1 N–H and O–H groups in total. The number of hydrogen-bond acceptors (Lipinski definition) is 3. The fraction of sp³-hybridized carbons (Fsp3) is 0.600. The van der Waals surface area contributed by atoms with E-state index >= 15 is 0 Å². The molecule has 1 atom stereocenters. The quantitative estimate of drug-likeness (QED) is 0.370. The van der Waals surface area contributed by atoms with Crippen LogP contribution in [0.5, 0.6) is 11.5 Å². The Bertz CT molecular complexity index is 908. The maximum Gasteiger partial charge on any atom is 0.119 e. The highest BCUT2D eigenvalue weighted by molar-refractivity contribution is 7.50. The molecule has 3 saturated carbocycles. The van der Waals surface area contributed by atoms with Crippen molar-refractivity contribution in [2.45, 2.75) is 82.5 Å². The summed E-state index contributed by atoms with van der Waals surface area (Å²) in [6, 6.07) is 15.2. The Balaban J connectivity index is 0.000000846. The second kappa shape index (κ2) is 11.9. The Morgan fingerprint density at radius 3 is 2.32 bits per heavy atom. The van der Waals surface area contributed by atoms with Crippen LogP contribution in [-0.4, -0.2) is 31.4 Å². The van der Waals surface area contributed by atoms with Crippen molar-refractivity contribution in [2.75, 3.05) is 26.5 Å². The minimum absolute atomic E-state index is 0.390. The normalized spacial score (nSPS) is 23.3. The summed E-state index contributed by atoms with van der Waals surface area (Å²) in [6.45, 7) is 5.12. The molecule has 4 heteroatoms. The predicted octanol–water partition coefficient (Wildman–Crippen LogP) is 7.83. The fourth-order valence-corrected chi connectivity index (χ4v) is 5.53. The molecule has 0 heterocycles. The SMILES string of the molecule is C1CC1.COc1ccc(C2(C)CC2)c(C2CCC(COc3cccc(CCP(C)O)c3)CC2)c1. The molecule has 1 unspecified atom stereocenters. The smallest absolute Gasteiger partial charge is 0.119 e. The van der Waals surface area contributed by atoms with Gasteiger partial charge in [-0.1, -0.05) is 44.4 Å². The predicted molar refractivity (Wildman–Crippen MR) is 144 cm³/mol. The summed E-state index contributed by atoms with van der Waals surface area (Å²) >= 11 is 0.